The second-order valence-electron chi connectivity index (χ2n) is 6.96. The molecule has 1 aliphatic heterocycles. The summed E-state index contributed by atoms with van der Waals surface area (Å²) in [5.41, 5.74) is 1.34. The van der Waals surface area contributed by atoms with Crippen molar-refractivity contribution in [2.75, 3.05) is 50.6 Å². The highest BCUT2D eigenvalue weighted by Gasteiger charge is 2.20. The quantitative estimate of drug-likeness (QED) is 0.419. The number of carbonyl (C=O) groups excluding carboxylic acids is 1. The number of rotatable bonds is 8. The van der Waals surface area contributed by atoms with Gasteiger partial charge < -0.3 is 19.7 Å². The van der Waals surface area contributed by atoms with Gasteiger partial charge in [0.05, 0.1) is 38.5 Å². The third kappa shape index (κ3) is 4.91. The molecule has 1 amide bonds. The SMILES string of the molecule is CCSc1nc(N2CCOCC2)c2cnn(CCNC(=O)c3cccc(OC)c3)c2n1. The van der Waals surface area contributed by atoms with E-state index in [1.54, 1.807) is 37.1 Å². The fraction of sp³-hybridized carbons (Fsp3) is 0.429. The number of hydrogen-bond acceptors (Lipinski definition) is 8. The van der Waals surface area contributed by atoms with Gasteiger partial charge in [-0.25, -0.2) is 14.6 Å². The number of thioether (sulfide) groups is 1. The molecule has 9 nitrogen and oxygen atoms in total. The molecule has 0 aliphatic carbocycles. The molecule has 1 aromatic carbocycles. The number of morpholine rings is 1. The Kier molecular flexibility index (Phi) is 6.88. The standard InChI is InChI=1S/C21H26N6O3S/c1-3-31-21-24-18(26-9-11-30-12-10-26)17-14-23-27(19(17)25-21)8-7-22-20(28)15-5-4-6-16(13-15)29-2/h4-6,13-14H,3,7-12H2,1-2H3,(H,22,28). The number of aromatic nitrogens is 4. The molecule has 0 radical (unpaired) electrons. The maximum atomic E-state index is 12.5. The average molecular weight is 443 g/mol. The van der Waals surface area contributed by atoms with E-state index in [2.05, 4.69) is 22.2 Å². The van der Waals surface area contributed by atoms with Crippen LogP contribution >= 0.6 is 11.8 Å². The Balaban J connectivity index is 1.51. The lowest BCUT2D eigenvalue weighted by atomic mass is 10.2. The molecule has 0 bridgehead atoms. The first-order valence-corrected chi connectivity index (χ1v) is 11.3. The summed E-state index contributed by atoms with van der Waals surface area (Å²) in [5.74, 6) is 2.29. The van der Waals surface area contributed by atoms with E-state index >= 15 is 0 Å². The Hall–Kier alpha value is -2.85. The minimum Gasteiger partial charge on any atom is -0.497 e. The minimum absolute atomic E-state index is 0.152. The molecule has 1 saturated heterocycles. The van der Waals surface area contributed by atoms with Crippen molar-refractivity contribution in [2.45, 2.75) is 18.6 Å². The van der Waals surface area contributed by atoms with Gasteiger partial charge in [-0.05, 0) is 24.0 Å². The van der Waals surface area contributed by atoms with Crippen LogP contribution in [0, 0.1) is 0 Å². The predicted octanol–water partition coefficient (Wildman–Crippen LogP) is 2.21. The first-order chi connectivity index (χ1) is 15.2. The average Bonchev–Trinajstić information content (AvgIpc) is 3.22. The van der Waals surface area contributed by atoms with E-state index in [9.17, 15) is 4.79 Å². The van der Waals surface area contributed by atoms with Crippen molar-refractivity contribution in [2.24, 2.45) is 0 Å². The zero-order chi connectivity index (χ0) is 21.6. The Morgan fingerprint density at radius 3 is 2.90 bits per heavy atom. The Labute approximate surface area is 185 Å². The van der Waals surface area contributed by atoms with Crippen molar-refractivity contribution in [3.63, 3.8) is 0 Å². The highest BCUT2D eigenvalue weighted by molar-refractivity contribution is 7.99. The molecule has 4 rings (SSSR count). The van der Waals surface area contributed by atoms with Crippen LogP contribution in [0.1, 0.15) is 17.3 Å². The van der Waals surface area contributed by atoms with Crippen LogP contribution in [-0.2, 0) is 11.3 Å². The van der Waals surface area contributed by atoms with Crippen LogP contribution in [0.5, 0.6) is 5.75 Å². The van der Waals surface area contributed by atoms with Gasteiger partial charge >= 0.3 is 0 Å². The number of nitrogens with one attached hydrogen (secondary N) is 1. The summed E-state index contributed by atoms with van der Waals surface area (Å²) >= 11 is 1.61. The lowest BCUT2D eigenvalue weighted by molar-refractivity contribution is 0.0951. The summed E-state index contributed by atoms with van der Waals surface area (Å²) in [7, 11) is 1.58. The predicted molar refractivity (Wildman–Crippen MR) is 120 cm³/mol. The molecule has 2 aromatic heterocycles. The Morgan fingerprint density at radius 2 is 2.13 bits per heavy atom. The molecule has 10 heteroatoms. The van der Waals surface area contributed by atoms with Crippen molar-refractivity contribution >= 4 is 34.5 Å². The second-order valence-corrected chi connectivity index (χ2v) is 8.19. The minimum atomic E-state index is -0.152. The van der Waals surface area contributed by atoms with E-state index in [1.807, 2.05) is 16.9 Å². The zero-order valence-corrected chi connectivity index (χ0v) is 18.5. The summed E-state index contributed by atoms with van der Waals surface area (Å²) in [6, 6.07) is 7.09. The summed E-state index contributed by atoms with van der Waals surface area (Å²) < 4.78 is 12.5. The highest BCUT2D eigenvalue weighted by atomic mass is 32.2. The number of nitrogens with zero attached hydrogens (tertiary/aromatic N) is 5. The molecular weight excluding hydrogens is 416 g/mol. The van der Waals surface area contributed by atoms with Crippen LogP contribution < -0.4 is 15.0 Å². The molecule has 1 N–H and O–H groups in total. The van der Waals surface area contributed by atoms with Gasteiger partial charge in [-0.1, -0.05) is 24.8 Å². The maximum absolute atomic E-state index is 12.5. The molecule has 1 aliphatic rings. The lowest BCUT2D eigenvalue weighted by Crippen LogP contribution is -2.37. The van der Waals surface area contributed by atoms with Gasteiger partial charge in [0, 0.05) is 25.2 Å². The van der Waals surface area contributed by atoms with Crippen LogP contribution in [0.25, 0.3) is 11.0 Å². The number of amides is 1. The van der Waals surface area contributed by atoms with Gasteiger partial charge in [0.25, 0.3) is 5.91 Å². The molecule has 0 saturated carbocycles. The summed E-state index contributed by atoms with van der Waals surface area (Å²) in [6.45, 7) is 5.99. The van der Waals surface area contributed by atoms with Gasteiger partial charge in [0.2, 0.25) is 0 Å². The second kappa shape index (κ2) is 9.97. The van der Waals surface area contributed by atoms with E-state index in [0.29, 0.717) is 37.6 Å². The molecule has 0 spiro atoms. The summed E-state index contributed by atoms with van der Waals surface area (Å²) in [4.78, 5) is 24.2. The van der Waals surface area contributed by atoms with Crippen LogP contribution in [-0.4, -0.2) is 71.4 Å². The maximum Gasteiger partial charge on any atom is 0.251 e. The number of carbonyl (C=O) groups is 1. The lowest BCUT2D eigenvalue weighted by Gasteiger charge is -2.28. The normalized spacial score (nSPS) is 14.1. The first-order valence-electron chi connectivity index (χ1n) is 10.3. The monoisotopic (exact) mass is 442 g/mol. The largest absolute Gasteiger partial charge is 0.497 e. The zero-order valence-electron chi connectivity index (χ0n) is 17.7. The molecule has 3 aromatic rings. The fourth-order valence-corrected chi connectivity index (χ4v) is 4.00. The third-order valence-electron chi connectivity index (χ3n) is 4.98. The van der Waals surface area contributed by atoms with Crippen LogP contribution in [0.3, 0.4) is 0 Å². The number of fused-ring (bicyclic) bond motifs is 1. The summed E-state index contributed by atoms with van der Waals surface area (Å²) in [6.07, 6.45) is 1.81. The molecule has 1 fully saturated rings. The van der Waals surface area contributed by atoms with E-state index in [4.69, 9.17) is 19.4 Å². The van der Waals surface area contributed by atoms with Crippen molar-refractivity contribution < 1.29 is 14.3 Å². The molecule has 31 heavy (non-hydrogen) atoms. The van der Waals surface area contributed by atoms with Gasteiger partial charge in [-0.3, -0.25) is 4.79 Å². The fourth-order valence-electron chi connectivity index (χ4n) is 3.44. The van der Waals surface area contributed by atoms with Crippen molar-refractivity contribution in [1.82, 2.24) is 25.1 Å². The van der Waals surface area contributed by atoms with Crippen LogP contribution in [0.15, 0.2) is 35.6 Å². The van der Waals surface area contributed by atoms with Gasteiger partial charge in [0.1, 0.15) is 11.6 Å². The third-order valence-corrected chi connectivity index (χ3v) is 5.71. The van der Waals surface area contributed by atoms with E-state index in [0.717, 1.165) is 40.9 Å². The number of anilines is 1. The van der Waals surface area contributed by atoms with E-state index in [-0.39, 0.29) is 5.91 Å². The van der Waals surface area contributed by atoms with E-state index < -0.39 is 0 Å². The Bertz CT molecular complexity index is 1050. The molecule has 0 atom stereocenters. The number of benzene rings is 1. The van der Waals surface area contributed by atoms with Gasteiger partial charge in [-0.2, -0.15) is 5.10 Å². The molecule has 0 unspecified atom stereocenters. The van der Waals surface area contributed by atoms with Crippen LogP contribution in [0.2, 0.25) is 0 Å². The summed E-state index contributed by atoms with van der Waals surface area (Å²) in [5, 5.41) is 9.12. The smallest absolute Gasteiger partial charge is 0.251 e. The van der Waals surface area contributed by atoms with Gasteiger partial charge in [-0.15, -0.1) is 0 Å². The van der Waals surface area contributed by atoms with Gasteiger partial charge in [0.15, 0.2) is 10.8 Å². The highest BCUT2D eigenvalue weighted by Crippen LogP contribution is 2.27. The number of methoxy groups -OCH3 is 1. The van der Waals surface area contributed by atoms with E-state index in [1.165, 1.54) is 0 Å². The number of ether oxygens (including phenoxy) is 2. The first kappa shape index (κ1) is 21.4. The molecule has 3 heterocycles. The van der Waals surface area contributed by atoms with Crippen molar-refractivity contribution in [1.29, 1.82) is 0 Å². The van der Waals surface area contributed by atoms with Crippen molar-refractivity contribution in [3.05, 3.63) is 36.0 Å². The Morgan fingerprint density at radius 1 is 1.29 bits per heavy atom. The number of hydrogen-bond donors (Lipinski definition) is 1. The van der Waals surface area contributed by atoms with Crippen molar-refractivity contribution in [3.8, 4) is 5.75 Å². The van der Waals surface area contributed by atoms with Crippen LogP contribution in [0.4, 0.5) is 5.82 Å². The molecule has 164 valence electrons. The molecular formula is C21H26N6O3S. The topological polar surface area (TPSA) is 94.4 Å².